The van der Waals surface area contributed by atoms with Crippen molar-refractivity contribution in [3.63, 3.8) is 0 Å². The van der Waals surface area contributed by atoms with E-state index < -0.39 is 0 Å². The van der Waals surface area contributed by atoms with Crippen molar-refractivity contribution in [3.8, 4) is 12.3 Å². The van der Waals surface area contributed by atoms with E-state index >= 15 is 0 Å². The van der Waals surface area contributed by atoms with Gasteiger partial charge in [-0.15, -0.1) is 6.42 Å². The lowest BCUT2D eigenvalue weighted by atomic mass is 10.3. The van der Waals surface area contributed by atoms with Gasteiger partial charge in [-0.05, 0) is 19.5 Å². The van der Waals surface area contributed by atoms with Crippen LogP contribution in [0.4, 0.5) is 0 Å². The minimum absolute atomic E-state index is 0.631. The van der Waals surface area contributed by atoms with Crippen LogP contribution in [0.2, 0.25) is 0 Å². The summed E-state index contributed by atoms with van der Waals surface area (Å²) in [5.74, 6) is 2.60. The Morgan fingerprint density at radius 3 is 3.09 bits per heavy atom. The monoisotopic (exact) mass is 152 g/mol. The lowest BCUT2D eigenvalue weighted by Gasteiger charge is -2.12. The average molecular weight is 152 g/mol. The van der Waals surface area contributed by atoms with Gasteiger partial charge in [0.2, 0.25) is 0 Å². The molecule has 11 heavy (non-hydrogen) atoms. The van der Waals surface area contributed by atoms with E-state index in [0.29, 0.717) is 12.6 Å². The lowest BCUT2D eigenvalue weighted by Crippen LogP contribution is -2.32. The molecule has 0 spiro atoms. The summed E-state index contributed by atoms with van der Waals surface area (Å²) in [5.41, 5.74) is 0. The van der Waals surface area contributed by atoms with Crippen molar-refractivity contribution in [2.45, 2.75) is 19.4 Å². The molecule has 0 aromatic rings. The summed E-state index contributed by atoms with van der Waals surface area (Å²) in [6.07, 6.45) is 6.39. The molecule has 0 radical (unpaired) electrons. The number of nitrogens with zero attached hydrogens (tertiary/aromatic N) is 1. The molecule has 0 bridgehead atoms. The van der Waals surface area contributed by atoms with Gasteiger partial charge in [0.05, 0.1) is 6.54 Å². The molecule has 1 aliphatic rings. The van der Waals surface area contributed by atoms with Gasteiger partial charge in [0.15, 0.2) is 0 Å². The third-order valence-corrected chi connectivity index (χ3v) is 2.21. The first-order valence-electron chi connectivity index (χ1n) is 4.26. The molecule has 1 rings (SSSR count). The van der Waals surface area contributed by atoms with E-state index in [4.69, 9.17) is 6.42 Å². The Kier molecular flexibility index (Phi) is 3.41. The number of terminal acetylenes is 1. The molecule has 0 aromatic heterocycles. The van der Waals surface area contributed by atoms with Gasteiger partial charge in [-0.2, -0.15) is 0 Å². The third-order valence-electron chi connectivity index (χ3n) is 2.21. The summed E-state index contributed by atoms with van der Waals surface area (Å²) in [7, 11) is 0. The fraction of sp³-hybridized carbons (Fsp3) is 0.778. The van der Waals surface area contributed by atoms with E-state index in [-0.39, 0.29) is 0 Å². The van der Waals surface area contributed by atoms with Crippen molar-refractivity contribution < 1.29 is 0 Å². The molecule has 0 amide bonds. The fourth-order valence-corrected chi connectivity index (χ4v) is 1.49. The van der Waals surface area contributed by atoms with Gasteiger partial charge in [-0.1, -0.05) is 12.8 Å². The smallest absolute Gasteiger partial charge is 0.0576 e. The van der Waals surface area contributed by atoms with Gasteiger partial charge in [0.1, 0.15) is 0 Å². The number of hydrogen-bond donors (Lipinski definition) is 1. The predicted octanol–water partition coefficient (Wildman–Crippen LogP) is 0.303. The molecule has 1 saturated heterocycles. The SMILES string of the molecule is C#CCNC1CCN(CC)C1. The number of nitrogens with one attached hydrogen (secondary N) is 1. The summed E-state index contributed by atoms with van der Waals surface area (Å²) in [6, 6.07) is 0.631. The molecule has 0 saturated carbocycles. The first-order valence-corrected chi connectivity index (χ1v) is 4.26. The van der Waals surface area contributed by atoms with E-state index in [1.165, 1.54) is 13.0 Å². The van der Waals surface area contributed by atoms with Crippen molar-refractivity contribution in [2.75, 3.05) is 26.2 Å². The number of likely N-dealkylation sites (tertiary alicyclic amines) is 1. The third kappa shape index (κ3) is 2.53. The Bertz CT molecular complexity index is 148. The highest BCUT2D eigenvalue weighted by Crippen LogP contribution is 2.07. The lowest BCUT2D eigenvalue weighted by molar-refractivity contribution is 0.347. The highest BCUT2D eigenvalue weighted by atomic mass is 15.2. The van der Waals surface area contributed by atoms with Crippen LogP contribution in [0, 0.1) is 12.3 Å². The van der Waals surface area contributed by atoms with Gasteiger partial charge in [0, 0.05) is 12.6 Å². The predicted molar refractivity (Wildman–Crippen MR) is 47.4 cm³/mol. The quantitative estimate of drug-likeness (QED) is 0.585. The minimum atomic E-state index is 0.631. The Hall–Kier alpha value is -0.520. The molecule has 0 aromatic carbocycles. The van der Waals surface area contributed by atoms with E-state index in [1.54, 1.807) is 0 Å². The molecule has 62 valence electrons. The Balaban J connectivity index is 2.15. The number of hydrogen-bond acceptors (Lipinski definition) is 2. The maximum atomic E-state index is 5.15. The van der Waals surface area contributed by atoms with Crippen molar-refractivity contribution in [2.24, 2.45) is 0 Å². The first kappa shape index (κ1) is 8.58. The molecule has 1 heterocycles. The van der Waals surface area contributed by atoms with Crippen LogP contribution in [0.15, 0.2) is 0 Å². The maximum Gasteiger partial charge on any atom is 0.0576 e. The van der Waals surface area contributed by atoms with Crippen LogP contribution in [-0.4, -0.2) is 37.1 Å². The summed E-state index contributed by atoms with van der Waals surface area (Å²) >= 11 is 0. The summed E-state index contributed by atoms with van der Waals surface area (Å²) < 4.78 is 0. The average Bonchev–Trinajstić information content (AvgIpc) is 2.48. The van der Waals surface area contributed by atoms with Crippen molar-refractivity contribution in [1.29, 1.82) is 0 Å². The number of likely N-dealkylation sites (N-methyl/N-ethyl adjacent to an activating group) is 1. The van der Waals surface area contributed by atoms with Crippen LogP contribution in [0.3, 0.4) is 0 Å². The normalized spacial score (nSPS) is 25.3. The van der Waals surface area contributed by atoms with Gasteiger partial charge < -0.3 is 10.2 Å². The van der Waals surface area contributed by atoms with Crippen molar-refractivity contribution in [1.82, 2.24) is 10.2 Å². The molecule has 0 aliphatic carbocycles. The van der Waals surface area contributed by atoms with E-state index in [9.17, 15) is 0 Å². The topological polar surface area (TPSA) is 15.3 Å². The standard InChI is InChI=1S/C9H16N2/c1-3-6-10-9-5-7-11(4-2)8-9/h1,9-10H,4-8H2,2H3. The molecule has 2 nitrogen and oxygen atoms in total. The maximum absolute atomic E-state index is 5.15. The number of rotatable bonds is 3. The van der Waals surface area contributed by atoms with Gasteiger partial charge >= 0.3 is 0 Å². The Morgan fingerprint density at radius 1 is 1.73 bits per heavy atom. The van der Waals surface area contributed by atoms with Crippen LogP contribution in [0.5, 0.6) is 0 Å². The second-order valence-corrected chi connectivity index (χ2v) is 2.96. The minimum Gasteiger partial charge on any atom is -0.302 e. The highest BCUT2D eigenvalue weighted by molar-refractivity contribution is 4.90. The Morgan fingerprint density at radius 2 is 2.55 bits per heavy atom. The van der Waals surface area contributed by atoms with Crippen molar-refractivity contribution in [3.05, 3.63) is 0 Å². The van der Waals surface area contributed by atoms with Gasteiger partial charge in [-0.3, -0.25) is 0 Å². The summed E-state index contributed by atoms with van der Waals surface area (Å²) in [5, 5.41) is 3.32. The molecule has 1 aliphatic heterocycles. The zero-order chi connectivity index (χ0) is 8.10. The highest BCUT2D eigenvalue weighted by Gasteiger charge is 2.19. The van der Waals surface area contributed by atoms with Crippen LogP contribution in [-0.2, 0) is 0 Å². The van der Waals surface area contributed by atoms with E-state index in [1.807, 2.05) is 0 Å². The fourth-order valence-electron chi connectivity index (χ4n) is 1.49. The zero-order valence-corrected chi connectivity index (χ0v) is 7.14. The van der Waals surface area contributed by atoms with Gasteiger partial charge in [-0.25, -0.2) is 0 Å². The van der Waals surface area contributed by atoms with Crippen LogP contribution < -0.4 is 5.32 Å². The molecular formula is C9H16N2. The molecule has 1 atom stereocenters. The molecular weight excluding hydrogens is 136 g/mol. The van der Waals surface area contributed by atoms with E-state index in [0.717, 1.165) is 13.1 Å². The molecule has 1 fully saturated rings. The largest absolute Gasteiger partial charge is 0.302 e. The van der Waals surface area contributed by atoms with E-state index in [2.05, 4.69) is 23.1 Å². The Labute approximate surface area is 69.0 Å². The zero-order valence-electron chi connectivity index (χ0n) is 7.14. The molecule has 1 unspecified atom stereocenters. The second kappa shape index (κ2) is 4.38. The van der Waals surface area contributed by atoms with Crippen molar-refractivity contribution >= 4 is 0 Å². The summed E-state index contributed by atoms with van der Waals surface area (Å²) in [4.78, 5) is 2.44. The van der Waals surface area contributed by atoms with Crippen LogP contribution in [0.25, 0.3) is 0 Å². The van der Waals surface area contributed by atoms with Gasteiger partial charge in [0.25, 0.3) is 0 Å². The second-order valence-electron chi connectivity index (χ2n) is 2.96. The van der Waals surface area contributed by atoms with Crippen LogP contribution >= 0.6 is 0 Å². The first-order chi connectivity index (χ1) is 5.36. The molecule has 1 N–H and O–H groups in total. The molecule has 2 heteroatoms. The van der Waals surface area contributed by atoms with Crippen LogP contribution in [0.1, 0.15) is 13.3 Å². The summed E-state index contributed by atoms with van der Waals surface area (Å²) in [6.45, 7) is 6.46.